The topological polar surface area (TPSA) is 26.0 Å². The lowest BCUT2D eigenvalue weighted by Gasteiger charge is -1.69. The van der Waals surface area contributed by atoms with Crippen molar-refractivity contribution in [2.45, 2.75) is 19.4 Å². The molecule has 1 saturated carbocycles. The van der Waals surface area contributed by atoms with Gasteiger partial charge in [0.15, 0.2) is 0 Å². The third kappa shape index (κ3) is 0.428. The molecule has 1 nitrogen and oxygen atoms in total. The second-order valence-corrected chi connectivity index (χ2v) is 1.88. The molecule has 0 unspecified atom stereocenters. The van der Waals surface area contributed by atoms with Crippen LogP contribution in [0.15, 0.2) is 0 Å². The van der Waals surface area contributed by atoms with E-state index < -0.39 is 0 Å². The van der Waals surface area contributed by atoms with Crippen LogP contribution in [-0.4, -0.2) is 6.04 Å². The van der Waals surface area contributed by atoms with Gasteiger partial charge in [-0.2, -0.15) is 0 Å². The van der Waals surface area contributed by atoms with Crippen LogP contribution in [0.5, 0.6) is 0 Å². The molecular weight excluding hydrogens is 62.1 g/mol. The molecule has 1 rings (SSSR count). The van der Waals surface area contributed by atoms with Crippen molar-refractivity contribution < 1.29 is 0 Å². The summed E-state index contributed by atoms with van der Waals surface area (Å²) >= 11 is 0. The van der Waals surface area contributed by atoms with Crippen molar-refractivity contribution >= 4 is 0 Å². The van der Waals surface area contributed by atoms with Crippen molar-refractivity contribution in [3.8, 4) is 0 Å². The summed E-state index contributed by atoms with van der Waals surface area (Å²) in [7, 11) is 0. The molecule has 0 amide bonds. The molecule has 0 radical (unpaired) electrons. The van der Waals surface area contributed by atoms with Gasteiger partial charge >= 0.3 is 0 Å². The summed E-state index contributed by atoms with van der Waals surface area (Å²) < 4.78 is 0. The molecule has 0 bridgehead atoms. The molecule has 0 aromatic heterocycles. The summed E-state index contributed by atoms with van der Waals surface area (Å²) in [6, 6.07) is 0.551. The minimum absolute atomic E-state index is 0.551. The van der Waals surface area contributed by atoms with Crippen LogP contribution in [0.4, 0.5) is 0 Å². The van der Waals surface area contributed by atoms with Crippen molar-refractivity contribution in [3.63, 3.8) is 0 Å². The fourth-order valence-electron chi connectivity index (χ4n) is 0.351. The van der Waals surface area contributed by atoms with E-state index in [0.717, 1.165) is 5.92 Å². The zero-order chi connectivity index (χ0) is 3.86. The highest BCUT2D eigenvalue weighted by atomic mass is 14.7. The van der Waals surface area contributed by atoms with E-state index in [0.29, 0.717) is 6.04 Å². The summed E-state index contributed by atoms with van der Waals surface area (Å²) in [5, 5.41) is 0. The molecule has 0 aromatic carbocycles. The van der Waals surface area contributed by atoms with Crippen LogP contribution in [-0.2, 0) is 0 Å². The van der Waals surface area contributed by atoms with Crippen molar-refractivity contribution in [2.75, 3.05) is 0 Å². The Kier molecular flexibility index (Phi) is 0.453. The molecule has 1 heteroatoms. The summed E-state index contributed by atoms with van der Waals surface area (Å²) in [5.41, 5.74) is 5.37. The summed E-state index contributed by atoms with van der Waals surface area (Å²) in [6.45, 7) is 2.17. The Hall–Kier alpha value is -0.0400. The van der Waals surface area contributed by atoms with Crippen LogP contribution in [0.25, 0.3) is 0 Å². The van der Waals surface area contributed by atoms with E-state index in [1.54, 1.807) is 0 Å². The van der Waals surface area contributed by atoms with Gasteiger partial charge in [0.05, 0.1) is 0 Å². The molecule has 2 atom stereocenters. The summed E-state index contributed by atoms with van der Waals surface area (Å²) in [6.07, 6.45) is 1.25. The van der Waals surface area contributed by atoms with E-state index >= 15 is 0 Å². The summed E-state index contributed by atoms with van der Waals surface area (Å²) in [5.74, 6) is 0.829. The molecular formula is C4H9N. The van der Waals surface area contributed by atoms with Gasteiger partial charge in [0.2, 0.25) is 0 Å². The maximum Gasteiger partial charge on any atom is 0.00682 e. The van der Waals surface area contributed by atoms with Crippen LogP contribution in [0.2, 0.25) is 0 Å². The quantitative estimate of drug-likeness (QED) is 0.438. The highest BCUT2D eigenvalue weighted by Crippen LogP contribution is 2.25. The fourth-order valence-corrected chi connectivity index (χ4v) is 0.351. The van der Waals surface area contributed by atoms with Gasteiger partial charge in [0.1, 0.15) is 0 Å². The lowest BCUT2D eigenvalue weighted by atomic mass is 10.5. The van der Waals surface area contributed by atoms with Crippen molar-refractivity contribution in [2.24, 2.45) is 11.7 Å². The molecule has 0 aromatic rings. The number of nitrogens with two attached hydrogens (primary N) is 1. The van der Waals surface area contributed by atoms with Gasteiger partial charge < -0.3 is 5.73 Å². The van der Waals surface area contributed by atoms with Gasteiger partial charge in [0.25, 0.3) is 0 Å². The average Bonchev–Trinajstić information content (AvgIpc) is 1.79. The third-order valence-electron chi connectivity index (χ3n) is 1.17. The van der Waals surface area contributed by atoms with Crippen molar-refractivity contribution in [1.29, 1.82) is 0 Å². The molecule has 0 spiro atoms. The van der Waals surface area contributed by atoms with Gasteiger partial charge in [-0.25, -0.2) is 0 Å². The number of rotatable bonds is 0. The Balaban J connectivity index is 2.20. The van der Waals surface area contributed by atoms with Gasteiger partial charge in [-0.3, -0.25) is 0 Å². The van der Waals surface area contributed by atoms with Crippen LogP contribution in [0, 0.1) is 5.92 Å². The smallest absolute Gasteiger partial charge is 0.00682 e. The lowest BCUT2D eigenvalue weighted by Crippen LogP contribution is -1.98. The van der Waals surface area contributed by atoms with Crippen LogP contribution in [0.3, 0.4) is 0 Å². The predicted molar refractivity (Wildman–Crippen MR) is 21.8 cm³/mol. The SMILES string of the molecule is C[C@H]1C[C@H]1N. The maximum atomic E-state index is 5.37. The average molecular weight is 71.1 g/mol. The third-order valence-corrected chi connectivity index (χ3v) is 1.17. The normalized spacial score (nSPS) is 49.2. The molecule has 0 heterocycles. The Bertz CT molecular complexity index is 36.9. The van der Waals surface area contributed by atoms with Crippen LogP contribution in [0.1, 0.15) is 13.3 Å². The Morgan fingerprint density at radius 2 is 2.00 bits per heavy atom. The first-order valence-corrected chi connectivity index (χ1v) is 2.06. The van der Waals surface area contributed by atoms with Crippen LogP contribution < -0.4 is 5.73 Å². The monoisotopic (exact) mass is 71.1 g/mol. The molecule has 0 aliphatic heterocycles. The van der Waals surface area contributed by atoms with E-state index in [2.05, 4.69) is 6.92 Å². The minimum Gasteiger partial charge on any atom is -0.327 e. The maximum absolute atomic E-state index is 5.37. The summed E-state index contributed by atoms with van der Waals surface area (Å²) in [4.78, 5) is 0. The van der Waals surface area contributed by atoms with Crippen LogP contribution >= 0.6 is 0 Å². The van der Waals surface area contributed by atoms with Crippen molar-refractivity contribution in [3.05, 3.63) is 0 Å². The second-order valence-electron chi connectivity index (χ2n) is 1.88. The van der Waals surface area contributed by atoms with E-state index in [4.69, 9.17) is 5.73 Å². The molecule has 1 fully saturated rings. The van der Waals surface area contributed by atoms with E-state index in [-0.39, 0.29) is 0 Å². The Labute approximate surface area is 32.2 Å². The standard InChI is InChI=1S/C4H9N/c1-3-2-4(3)5/h3-4H,2,5H2,1H3/t3-,4+/m0/s1. The highest BCUT2D eigenvalue weighted by Gasteiger charge is 2.27. The molecule has 5 heavy (non-hydrogen) atoms. The van der Waals surface area contributed by atoms with Gasteiger partial charge in [0, 0.05) is 6.04 Å². The van der Waals surface area contributed by atoms with E-state index in [1.165, 1.54) is 6.42 Å². The van der Waals surface area contributed by atoms with Gasteiger partial charge in [-0.15, -0.1) is 0 Å². The molecule has 2 N–H and O–H groups in total. The first-order chi connectivity index (χ1) is 2.30. The zero-order valence-electron chi connectivity index (χ0n) is 3.44. The molecule has 1 aliphatic rings. The first-order valence-electron chi connectivity index (χ1n) is 2.06. The second kappa shape index (κ2) is 0.716. The first kappa shape index (κ1) is 3.16. The predicted octanol–water partition coefficient (Wildman–Crippen LogP) is 0.354. The minimum atomic E-state index is 0.551. The largest absolute Gasteiger partial charge is 0.327 e. The highest BCUT2D eigenvalue weighted by molar-refractivity contribution is 4.85. The Morgan fingerprint density at radius 3 is 2.00 bits per heavy atom. The van der Waals surface area contributed by atoms with Gasteiger partial charge in [-0.1, -0.05) is 6.92 Å². The number of hydrogen-bond acceptors (Lipinski definition) is 1. The molecule has 0 saturated heterocycles. The van der Waals surface area contributed by atoms with E-state index in [1.807, 2.05) is 0 Å². The van der Waals surface area contributed by atoms with Crippen molar-refractivity contribution in [1.82, 2.24) is 0 Å². The lowest BCUT2D eigenvalue weighted by molar-refractivity contribution is 0.895. The Morgan fingerprint density at radius 1 is 1.80 bits per heavy atom. The zero-order valence-corrected chi connectivity index (χ0v) is 3.44. The number of hydrogen-bond donors (Lipinski definition) is 1. The molecule has 1 aliphatic carbocycles. The van der Waals surface area contributed by atoms with Gasteiger partial charge in [-0.05, 0) is 12.3 Å². The molecule has 30 valence electrons. The van der Waals surface area contributed by atoms with E-state index in [9.17, 15) is 0 Å². The fraction of sp³-hybridized carbons (Fsp3) is 1.00.